The Bertz CT molecular complexity index is 756. The van der Waals surface area contributed by atoms with E-state index in [1.165, 1.54) is 0 Å². The van der Waals surface area contributed by atoms with Crippen LogP contribution >= 0.6 is 11.6 Å². The fourth-order valence-corrected chi connectivity index (χ4v) is 2.03. The van der Waals surface area contributed by atoms with Crippen LogP contribution in [0, 0.1) is 6.07 Å². The van der Waals surface area contributed by atoms with Crippen LogP contribution in [0.3, 0.4) is 0 Å². The van der Waals surface area contributed by atoms with Gasteiger partial charge < -0.3 is 10.6 Å². The molecule has 3 rings (SSSR count). The van der Waals surface area contributed by atoms with Crippen molar-refractivity contribution in [3.63, 3.8) is 0 Å². The van der Waals surface area contributed by atoms with Gasteiger partial charge in [0.25, 0.3) is 0 Å². The molecule has 0 amide bonds. The zero-order chi connectivity index (χ0) is 15.4. The maximum atomic E-state index is 6.13. The molecule has 0 saturated heterocycles. The van der Waals surface area contributed by atoms with Crippen LogP contribution < -0.4 is 10.6 Å². The van der Waals surface area contributed by atoms with Crippen molar-refractivity contribution >= 4 is 29.1 Å². The summed E-state index contributed by atoms with van der Waals surface area (Å²) in [6.45, 7) is 0.591. The molecule has 1 radical (unpaired) electrons. The monoisotopic (exact) mass is 313 g/mol. The predicted molar refractivity (Wildman–Crippen MR) is 86.1 cm³/mol. The molecule has 3 aromatic rings. The van der Waals surface area contributed by atoms with Crippen molar-refractivity contribution in [2.75, 3.05) is 10.6 Å². The molecular formula is C15H14ClN6. The van der Waals surface area contributed by atoms with Crippen LogP contribution in [0.2, 0.25) is 5.02 Å². The van der Waals surface area contributed by atoms with Crippen LogP contribution in [0.15, 0.2) is 42.9 Å². The van der Waals surface area contributed by atoms with Crippen LogP contribution in [0.5, 0.6) is 0 Å². The molecule has 7 heteroatoms. The number of anilines is 3. The van der Waals surface area contributed by atoms with E-state index in [2.05, 4.69) is 31.8 Å². The number of rotatable bonds is 5. The van der Waals surface area contributed by atoms with Crippen molar-refractivity contribution in [1.82, 2.24) is 19.7 Å². The molecule has 2 heterocycles. The quantitative estimate of drug-likeness (QED) is 0.758. The summed E-state index contributed by atoms with van der Waals surface area (Å²) in [6, 6.07) is 10.4. The first-order valence-corrected chi connectivity index (χ1v) is 7.05. The van der Waals surface area contributed by atoms with Crippen LogP contribution in [0.4, 0.5) is 17.5 Å². The van der Waals surface area contributed by atoms with Gasteiger partial charge in [0.2, 0.25) is 5.95 Å². The van der Waals surface area contributed by atoms with Crippen molar-refractivity contribution in [3.8, 4) is 0 Å². The second-order valence-corrected chi connectivity index (χ2v) is 5.09. The Morgan fingerprint density at radius 1 is 1.36 bits per heavy atom. The molecule has 0 unspecified atom stereocenters. The molecule has 0 saturated carbocycles. The third kappa shape index (κ3) is 3.53. The number of nitrogens with one attached hydrogen (secondary N) is 2. The first-order valence-electron chi connectivity index (χ1n) is 6.68. The highest BCUT2D eigenvalue weighted by molar-refractivity contribution is 6.32. The van der Waals surface area contributed by atoms with Crippen LogP contribution in [-0.4, -0.2) is 19.7 Å². The summed E-state index contributed by atoms with van der Waals surface area (Å²) in [6.07, 6.45) is 5.29. The lowest BCUT2D eigenvalue weighted by Gasteiger charge is -2.09. The number of aryl methyl sites for hydroxylation is 1. The molecule has 0 spiro atoms. The van der Waals surface area contributed by atoms with E-state index < -0.39 is 0 Å². The Hall–Kier alpha value is -2.60. The van der Waals surface area contributed by atoms with E-state index in [-0.39, 0.29) is 0 Å². The molecule has 0 aliphatic carbocycles. The van der Waals surface area contributed by atoms with E-state index in [1.54, 1.807) is 17.1 Å². The number of aromatic nitrogens is 4. The Balaban J connectivity index is 1.72. The van der Waals surface area contributed by atoms with Crippen LogP contribution in [0.25, 0.3) is 0 Å². The van der Waals surface area contributed by atoms with Gasteiger partial charge in [0.05, 0.1) is 12.4 Å². The molecule has 2 N–H and O–H groups in total. The van der Waals surface area contributed by atoms with Gasteiger partial charge in [0.15, 0.2) is 5.82 Å². The zero-order valence-electron chi connectivity index (χ0n) is 11.9. The zero-order valence-corrected chi connectivity index (χ0v) is 12.7. The first kappa shape index (κ1) is 14.3. The van der Waals surface area contributed by atoms with Crippen molar-refractivity contribution in [2.45, 2.75) is 6.54 Å². The van der Waals surface area contributed by atoms with Gasteiger partial charge in [-0.3, -0.25) is 4.68 Å². The van der Waals surface area contributed by atoms with Gasteiger partial charge in [-0.1, -0.05) is 23.7 Å². The summed E-state index contributed by atoms with van der Waals surface area (Å²) < 4.78 is 1.75. The number of hydrogen-bond donors (Lipinski definition) is 2. The van der Waals surface area contributed by atoms with Gasteiger partial charge in [0, 0.05) is 31.0 Å². The molecule has 22 heavy (non-hydrogen) atoms. The van der Waals surface area contributed by atoms with Gasteiger partial charge in [0.1, 0.15) is 5.02 Å². The van der Waals surface area contributed by atoms with Gasteiger partial charge in [-0.25, -0.2) is 4.98 Å². The topological polar surface area (TPSA) is 67.7 Å². The summed E-state index contributed by atoms with van der Waals surface area (Å²) in [7, 11) is 1.88. The lowest BCUT2D eigenvalue weighted by molar-refractivity contribution is 0.767. The Labute approximate surface area is 133 Å². The number of hydrogen-bond acceptors (Lipinski definition) is 5. The third-order valence-electron chi connectivity index (χ3n) is 2.92. The highest BCUT2D eigenvalue weighted by Crippen LogP contribution is 2.23. The average molecular weight is 314 g/mol. The van der Waals surface area contributed by atoms with Gasteiger partial charge in [-0.15, -0.1) is 0 Å². The highest BCUT2D eigenvalue weighted by Gasteiger charge is 2.06. The van der Waals surface area contributed by atoms with Gasteiger partial charge >= 0.3 is 0 Å². The Morgan fingerprint density at radius 3 is 3.00 bits per heavy atom. The lowest BCUT2D eigenvalue weighted by atomic mass is 10.3. The summed E-state index contributed by atoms with van der Waals surface area (Å²) in [5.41, 5.74) is 1.91. The highest BCUT2D eigenvalue weighted by atomic mass is 35.5. The van der Waals surface area contributed by atoms with E-state index >= 15 is 0 Å². The number of halogens is 1. The van der Waals surface area contributed by atoms with Crippen molar-refractivity contribution in [3.05, 3.63) is 59.5 Å². The summed E-state index contributed by atoms with van der Waals surface area (Å²) in [5, 5.41) is 10.9. The Morgan fingerprint density at radius 2 is 2.27 bits per heavy atom. The van der Waals surface area contributed by atoms with Gasteiger partial charge in [-0.2, -0.15) is 10.1 Å². The van der Waals surface area contributed by atoms with Crippen LogP contribution in [-0.2, 0) is 13.6 Å². The normalized spacial score (nSPS) is 10.5. The fraction of sp³-hybridized carbons (Fsp3) is 0.133. The van der Waals surface area contributed by atoms with E-state index in [4.69, 9.17) is 11.6 Å². The minimum atomic E-state index is 0.454. The van der Waals surface area contributed by atoms with E-state index in [9.17, 15) is 0 Å². The largest absolute Gasteiger partial charge is 0.350 e. The molecule has 111 valence electrons. The minimum absolute atomic E-state index is 0.454. The summed E-state index contributed by atoms with van der Waals surface area (Å²) in [4.78, 5) is 8.56. The second-order valence-electron chi connectivity index (χ2n) is 4.68. The summed E-state index contributed by atoms with van der Waals surface area (Å²) in [5.74, 6) is 1.04. The maximum absolute atomic E-state index is 6.13. The van der Waals surface area contributed by atoms with Crippen molar-refractivity contribution in [2.24, 2.45) is 7.05 Å². The number of benzene rings is 1. The lowest BCUT2D eigenvalue weighted by Crippen LogP contribution is -2.05. The Kier molecular flexibility index (Phi) is 4.20. The van der Waals surface area contributed by atoms with Gasteiger partial charge in [-0.05, 0) is 18.2 Å². The second kappa shape index (κ2) is 6.44. The molecule has 6 nitrogen and oxygen atoms in total. The van der Waals surface area contributed by atoms with Crippen molar-refractivity contribution in [1.29, 1.82) is 0 Å². The molecule has 2 aromatic heterocycles. The van der Waals surface area contributed by atoms with Crippen LogP contribution in [0.1, 0.15) is 5.56 Å². The molecule has 1 aromatic carbocycles. The molecule has 0 bridgehead atoms. The number of nitrogens with zero attached hydrogens (tertiary/aromatic N) is 4. The van der Waals surface area contributed by atoms with E-state index in [1.807, 2.05) is 37.5 Å². The maximum Gasteiger partial charge on any atom is 0.224 e. The van der Waals surface area contributed by atoms with E-state index in [0.717, 1.165) is 11.3 Å². The predicted octanol–water partition coefficient (Wildman–Crippen LogP) is 3.02. The smallest absolute Gasteiger partial charge is 0.224 e. The molecule has 0 aliphatic heterocycles. The van der Waals surface area contributed by atoms with E-state index in [0.29, 0.717) is 23.3 Å². The molecule has 0 aliphatic rings. The van der Waals surface area contributed by atoms with Crippen molar-refractivity contribution < 1.29 is 0 Å². The third-order valence-corrected chi connectivity index (χ3v) is 3.20. The molecular weight excluding hydrogens is 300 g/mol. The molecule has 0 atom stereocenters. The SMILES string of the molecule is Cn1cc(CNc2ncc(Cl)c(Nc3c[c]ccc3)n2)cn1. The first-order chi connectivity index (χ1) is 10.7. The average Bonchev–Trinajstić information content (AvgIpc) is 2.95. The standard InChI is InChI=1S/C15H14ClN6/c1-22-10-11(8-19-22)7-17-15-18-9-13(16)14(21-15)20-12-5-3-2-4-6-12/h2-3,5-6,8-10H,7H2,1H3,(H2,17,18,20,21). The summed E-state index contributed by atoms with van der Waals surface area (Å²) >= 11 is 6.13. The minimum Gasteiger partial charge on any atom is -0.350 e. The fourth-order valence-electron chi connectivity index (χ4n) is 1.89. The molecule has 0 fully saturated rings.